The monoisotopic (exact) mass is 362 g/mol. The van der Waals surface area contributed by atoms with Gasteiger partial charge in [0.15, 0.2) is 11.6 Å². The van der Waals surface area contributed by atoms with Crippen LogP contribution < -0.4 is 10.6 Å². The van der Waals surface area contributed by atoms with E-state index in [2.05, 4.69) is 15.7 Å². The maximum Gasteiger partial charge on any atom is 0.407 e. The lowest BCUT2D eigenvalue weighted by atomic mass is 9.79. The predicted molar refractivity (Wildman–Crippen MR) is 91.1 cm³/mol. The second kappa shape index (κ2) is 6.59. The van der Waals surface area contributed by atoms with Crippen molar-refractivity contribution in [2.45, 2.75) is 31.3 Å². The van der Waals surface area contributed by atoms with Crippen molar-refractivity contribution in [1.29, 1.82) is 0 Å². The molecule has 1 saturated heterocycles. The maximum atomic E-state index is 14.1. The Labute approximate surface area is 149 Å². The normalized spacial score (nSPS) is 25.2. The molecule has 2 aliphatic rings. The fraction of sp³-hybridized carbons (Fsp3) is 0.444. The molecular weight excluding hydrogens is 342 g/mol. The van der Waals surface area contributed by atoms with Gasteiger partial charge in [-0.25, -0.2) is 18.3 Å². The molecule has 1 aliphatic carbocycles. The van der Waals surface area contributed by atoms with Crippen molar-refractivity contribution in [3.05, 3.63) is 42.1 Å². The average molecular weight is 362 g/mol. The van der Waals surface area contributed by atoms with Gasteiger partial charge in [0, 0.05) is 6.54 Å². The molecule has 1 saturated carbocycles. The van der Waals surface area contributed by atoms with E-state index >= 15 is 0 Å². The molecule has 2 N–H and O–H groups in total. The summed E-state index contributed by atoms with van der Waals surface area (Å²) < 4.78 is 34.6. The number of aromatic nitrogens is 2. The lowest BCUT2D eigenvalue weighted by molar-refractivity contribution is 0.0148. The smallest absolute Gasteiger partial charge is 0.407 e. The highest BCUT2D eigenvalue weighted by Crippen LogP contribution is 2.36. The molecule has 1 aliphatic heterocycles. The number of hydrogen-bond donors (Lipinski definition) is 2. The highest BCUT2D eigenvalue weighted by atomic mass is 19.1. The zero-order chi connectivity index (χ0) is 18.1. The van der Waals surface area contributed by atoms with E-state index in [1.165, 1.54) is 16.9 Å². The van der Waals surface area contributed by atoms with E-state index in [1.54, 1.807) is 18.2 Å². The number of benzene rings is 1. The molecule has 138 valence electrons. The first-order valence-corrected chi connectivity index (χ1v) is 8.75. The molecule has 1 amide bonds. The number of alkyl carbamates (subject to hydrolysis) is 1. The van der Waals surface area contributed by atoms with Crippen LogP contribution in [0.25, 0.3) is 5.69 Å². The lowest BCUT2D eigenvalue weighted by Gasteiger charge is -2.34. The summed E-state index contributed by atoms with van der Waals surface area (Å²) in [5.74, 6) is -0.520. The molecule has 0 radical (unpaired) electrons. The Morgan fingerprint density at radius 3 is 2.73 bits per heavy atom. The van der Waals surface area contributed by atoms with Gasteiger partial charge >= 0.3 is 6.09 Å². The highest BCUT2D eigenvalue weighted by molar-refractivity contribution is 5.70. The third kappa shape index (κ3) is 3.23. The van der Waals surface area contributed by atoms with Crippen molar-refractivity contribution in [1.82, 2.24) is 15.1 Å². The number of amides is 1. The molecule has 1 spiro atoms. The standard InChI is InChI=1S/C18H20F2N4O2/c19-13-3-1-2-4-15(13)24-10-14(20)16(23-24)21-9-12-5-7-18(8-6-12)11-22-17(25)26-18/h1-4,10,12H,5-9,11H2,(H,21,23)(H,22,25). The molecule has 2 heterocycles. The largest absolute Gasteiger partial charge is 0.441 e. The first-order chi connectivity index (χ1) is 12.5. The molecule has 1 aromatic carbocycles. The van der Waals surface area contributed by atoms with Crippen LogP contribution in [0, 0.1) is 17.6 Å². The first kappa shape index (κ1) is 16.8. The minimum atomic E-state index is -0.519. The fourth-order valence-corrected chi connectivity index (χ4v) is 3.66. The number of nitrogens with zero attached hydrogens (tertiary/aromatic N) is 2. The number of carbonyl (C=O) groups is 1. The molecule has 0 atom stereocenters. The second-order valence-corrected chi connectivity index (χ2v) is 6.97. The minimum Gasteiger partial charge on any atom is -0.441 e. The van der Waals surface area contributed by atoms with Crippen LogP contribution in [-0.4, -0.2) is 34.6 Å². The van der Waals surface area contributed by atoms with Gasteiger partial charge in [-0.05, 0) is 43.7 Å². The number of anilines is 1. The van der Waals surface area contributed by atoms with E-state index in [-0.39, 0.29) is 23.2 Å². The van der Waals surface area contributed by atoms with Gasteiger partial charge in [0.1, 0.15) is 17.1 Å². The van der Waals surface area contributed by atoms with Crippen LogP contribution in [0.15, 0.2) is 30.5 Å². The van der Waals surface area contributed by atoms with Crippen molar-refractivity contribution >= 4 is 11.9 Å². The van der Waals surface area contributed by atoms with E-state index in [0.29, 0.717) is 19.0 Å². The third-order valence-electron chi connectivity index (χ3n) is 5.21. The van der Waals surface area contributed by atoms with Gasteiger partial charge in [-0.2, -0.15) is 0 Å². The van der Waals surface area contributed by atoms with E-state index in [1.807, 2.05) is 0 Å². The number of nitrogens with one attached hydrogen (secondary N) is 2. The molecule has 8 heteroatoms. The van der Waals surface area contributed by atoms with E-state index < -0.39 is 11.6 Å². The molecule has 2 fully saturated rings. The van der Waals surface area contributed by atoms with E-state index in [0.717, 1.165) is 25.7 Å². The summed E-state index contributed by atoms with van der Waals surface area (Å²) in [5, 5.41) is 9.86. The molecular formula is C18H20F2N4O2. The van der Waals surface area contributed by atoms with Crippen molar-refractivity contribution in [2.75, 3.05) is 18.4 Å². The van der Waals surface area contributed by atoms with Crippen LogP contribution in [0.2, 0.25) is 0 Å². The molecule has 0 unspecified atom stereocenters. The number of hydrogen-bond acceptors (Lipinski definition) is 4. The summed E-state index contributed by atoms with van der Waals surface area (Å²) in [4.78, 5) is 11.3. The van der Waals surface area contributed by atoms with Gasteiger partial charge in [0.2, 0.25) is 0 Å². The number of carbonyl (C=O) groups excluding carboxylic acids is 1. The summed E-state index contributed by atoms with van der Waals surface area (Å²) in [6, 6.07) is 6.10. The van der Waals surface area contributed by atoms with Gasteiger partial charge < -0.3 is 15.4 Å². The quantitative estimate of drug-likeness (QED) is 0.876. The molecule has 6 nitrogen and oxygen atoms in total. The zero-order valence-electron chi connectivity index (χ0n) is 14.2. The number of para-hydroxylation sites is 1. The van der Waals surface area contributed by atoms with E-state index in [9.17, 15) is 13.6 Å². The Balaban J connectivity index is 1.36. The Bertz CT molecular complexity index is 815. The van der Waals surface area contributed by atoms with Gasteiger partial charge in [0.25, 0.3) is 0 Å². The molecule has 0 bridgehead atoms. The van der Waals surface area contributed by atoms with Crippen molar-refractivity contribution in [3.8, 4) is 5.69 Å². The Hall–Kier alpha value is -2.64. The van der Waals surface area contributed by atoms with Crippen molar-refractivity contribution in [3.63, 3.8) is 0 Å². The summed E-state index contributed by atoms with van der Waals surface area (Å²) in [6.07, 6.45) is 4.19. The van der Waals surface area contributed by atoms with Crippen LogP contribution >= 0.6 is 0 Å². The van der Waals surface area contributed by atoms with Gasteiger partial charge in [0.05, 0.1) is 12.7 Å². The second-order valence-electron chi connectivity index (χ2n) is 6.97. The van der Waals surface area contributed by atoms with Crippen LogP contribution in [0.3, 0.4) is 0 Å². The highest BCUT2D eigenvalue weighted by Gasteiger charge is 2.43. The molecule has 1 aromatic heterocycles. The van der Waals surface area contributed by atoms with Gasteiger partial charge in [-0.15, -0.1) is 5.10 Å². The third-order valence-corrected chi connectivity index (χ3v) is 5.21. The van der Waals surface area contributed by atoms with Crippen LogP contribution in [0.5, 0.6) is 0 Å². The van der Waals surface area contributed by atoms with Crippen molar-refractivity contribution < 1.29 is 18.3 Å². The van der Waals surface area contributed by atoms with Crippen LogP contribution in [0.4, 0.5) is 19.4 Å². The molecule has 4 rings (SSSR count). The van der Waals surface area contributed by atoms with E-state index in [4.69, 9.17) is 4.74 Å². The minimum absolute atomic E-state index is 0.113. The summed E-state index contributed by atoms with van der Waals surface area (Å²) in [5.41, 5.74) is -0.166. The predicted octanol–water partition coefficient (Wildman–Crippen LogP) is 3.23. The number of halogens is 2. The van der Waals surface area contributed by atoms with Gasteiger partial charge in [-0.3, -0.25) is 0 Å². The number of ether oxygens (including phenoxy) is 1. The Morgan fingerprint density at radius 2 is 2.04 bits per heavy atom. The maximum absolute atomic E-state index is 14.1. The first-order valence-electron chi connectivity index (χ1n) is 8.75. The molecule has 26 heavy (non-hydrogen) atoms. The van der Waals surface area contributed by atoms with Gasteiger partial charge in [-0.1, -0.05) is 12.1 Å². The Morgan fingerprint density at radius 1 is 1.27 bits per heavy atom. The molecule has 2 aromatic rings. The Kier molecular flexibility index (Phi) is 4.26. The topological polar surface area (TPSA) is 68.2 Å². The van der Waals surface area contributed by atoms with Crippen LogP contribution in [-0.2, 0) is 4.74 Å². The van der Waals surface area contributed by atoms with Crippen molar-refractivity contribution in [2.24, 2.45) is 5.92 Å². The zero-order valence-corrected chi connectivity index (χ0v) is 14.2. The fourth-order valence-electron chi connectivity index (χ4n) is 3.66. The van der Waals surface area contributed by atoms with Crippen LogP contribution in [0.1, 0.15) is 25.7 Å². The summed E-state index contributed by atoms with van der Waals surface area (Å²) in [6.45, 7) is 1.14. The summed E-state index contributed by atoms with van der Waals surface area (Å²) in [7, 11) is 0. The summed E-state index contributed by atoms with van der Waals surface area (Å²) >= 11 is 0. The number of rotatable bonds is 4. The average Bonchev–Trinajstić information content (AvgIpc) is 3.18. The lowest BCUT2D eigenvalue weighted by Crippen LogP contribution is -2.39. The SMILES string of the molecule is O=C1NCC2(CCC(CNc3nn(-c4ccccc4F)cc3F)CC2)O1.